The summed E-state index contributed by atoms with van der Waals surface area (Å²) in [4.78, 5) is 3.99. The normalized spacial score (nSPS) is 10.4. The van der Waals surface area contributed by atoms with Crippen molar-refractivity contribution in [3.8, 4) is 5.75 Å². The lowest BCUT2D eigenvalue weighted by atomic mass is 10.1. The third-order valence-corrected chi connectivity index (χ3v) is 2.93. The number of allylic oxidation sites excluding steroid dienone is 1. The molecule has 102 valence electrons. The van der Waals surface area contributed by atoms with Crippen LogP contribution in [-0.4, -0.2) is 16.2 Å². The van der Waals surface area contributed by atoms with E-state index in [0.29, 0.717) is 6.61 Å². The summed E-state index contributed by atoms with van der Waals surface area (Å²) in [6, 6.07) is 6.12. The van der Waals surface area contributed by atoms with Crippen molar-refractivity contribution < 1.29 is 4.74 Å². The number of rotatable bonds is 5. The fraction of sp³-hybridized carbons (Fsp3) is 0.267. The molecule has 0 aliphatic rings. The lowest BCUT2D eigenvalue weighted by molar-refractivity contribution is 0.359. The standard InChI is InChI=1S/C15H18N2O.ClH/c1-13-6-5-7-15(14(13)2)18-11-4-3-9-17-10-8-16-12-17;/h3-8,10,12H,9,11H2,1-2H3;1H/b4-3+;. The zero-order valence-electron chi connectivity index (χ0n) is 11.2. The van der Waals surface area contributed by atoms with Crippen molar-refractivity contribution in [3.63, 3.8) is 0 Å². The number of benzene rings is 1. The van der Waals surface area contributed by atoms with Gasteiger partial charge in [-0.25, -0.2) is 4.98 Å². The van der Waals surface area contributed by atoms with E-state index in [-0.39, 0.29) is 12.4 Å². The Bertz CT molecular complexity index is 521. The fourth-order valence-electron chi connectivity index (χ4n) is 1.68. The minimum absolute atomic E-state index is 0. The largest absolute Gasteiger partial charge is 0.489 e. The molecule has 0 bridgehead atoms. The Labute approximate surface area is 120 Å². The second-order valence-corrected chi connectivity index (χ2v) is 4.24. The average molecular weight is 279 g/mol. The molecule has 0 unspecified atom stereocenters. The molecule has 1 aromatic carbocycles. The zero-order chi connectivity index (χ0) is 12.8. The van der Waals surface area contributed by atoms with E-state index in [1.165, 1.54) is 11.1 Å². The van der Waals surface area contributed by atoms with Gasteiger partial charge in [-0.15, -0.1) is 12.4 Å². The molecule has 2 rings (SSSR count). The van der Waals surface area contributed by atoms with Gasteiger partial charge in [0.2, 0.25) is 0 Å². The second kappa shape index (κ2) is 7.64. The smallest absolute Gasteiger partial charge is 0.122 e. The molecular weight excluding hydrogens is 260 g/mol. The lowest BCUT2D eigenvalue weighted by Crippen LogP contribution is -1.97. The first-order chi connectivity index (χ1) is 8.77. The summed E-state index contributed by atoms with van der Waals surface area (Å²) in [6.45, 7) is 5.60. The van der Waals surface area contributed by atoms with Gasteiger partial charge in [-0.2, -0.15) is 0 Å². The van der Waals surface area contributed by atoms with Crippen LogP contribution in [0.5, 0.6) is 5.75 Å². The molecule has 0 N–H and O–H groups in total. The lowest BCUT2D eigenvalue weighted by Gasteiger charge is -2.08. The van der Waals surface area contributed by atoms with Crippen molar-refractivity contribution in [1.82, 2.24) is 9.55 Å². The molecule has 0 aliphatic heterocycles. The maximum Gasteiger partial charge on any atom is 0.122 e. The van der Waals surface area contributed by atoms with E-state index in [1.807, 2.05) is 29.0 Å². The van der Waals surface area contributed by atoms with Gasteiger partial charge in [-0.3, -0.25) is 0 Å². The van der Waals surface area contributed by atoms with Crippen molar-refractivity contribution in [2.24, 2.45) is 0 Å². The van der Waals surface area contributed by atoms with E-state index in [1.54, 1.807) is 12.5 Å². The Morgan fingerprint density at radius 3 is 2.84 bits per heavy atom. The number of ether oxygens (including phenoxy) is 1. The van der Waals surface area contributed by atoms with E-state index in [2.05, 4.69) is 31.0 Å². The molecule has 0 saturated carbocycles. The van der Waals surface area contributed by atoms with Gasteiger partial charge in [-0.1, -0.05) is 18.2 Å². The number of aromatic nitrogens is 2. The van der Waals surface area contributed by atoms with Crippen LogP contribution in [0.15, 0.2) is 49.1 Å². The van der Waals surface area contributed by atoms with Gasteiger partial charge in [0, 0.05) is 18.9 Å². The summed E-state index contributed by atoms with van der Waals surface area (Å²) in [5.74, 6) is 0.960. The Kier molecular flexibility index (Phi) is 6.16. The first-order valence-corrected chi connectivity index (χ1v) is 6.07. The molecule has 0 amide bonds. The van der Waals surface area contributed by atoms with Crippen LogP contribution in [0, 0.1) is 13.8 Å². The molecule has 0 fully saturated rings. The molecule has 1 heterocycles. The molecule has 0 saturated heterocycles. The number of nitrogens with zero attached hydrogens (tertiary/aromatic N) is 2. The Morgan fingerprint density at radius 2 is 2.11 bits per heavy atom. The summed E-state index contributed by atoms with van der Waals surface area (Å²) in [7, 11) is 0. The van der Waals surface area contributed by atoms with Gasteiger partial charge in [0.15, 0.2) is 0 Å². The van der Waals surface area contributed by atoms with Crippen molar-refractivity contribution in [3.05, 3.63) is 60.2 Å². The zero-order valence-corrected chi connectivity index (χ0v) is 12.1. The minimum Gasteiger partial charge on any atom is -0.489 e. The van der Waals surface area contributed by atoms with E-state index in [4.69, 9.17) is 4.74 Å². The predicted molar refractivity (Wildman–Crippen MR) is 80.0 cm³/mol. The van der Waals surface area contributed by atoms with Crippen molar-refractivity contribution in [2.45, 2.75) is 20.4 Å². The topological polar surface area (TPSA) is 27.1 Å². The van der Waals surface area contributed by atoms with Crippen LogP contribution in [0.2, 0.25) is 0 Å². The number of imidazole rings is 1. The van der Waals surface area contributed by atoms with Crippen LogP contribution in [0.1, 0.15) is 11.1 Å². The molecule has 0 atom stereocenters. The summed E-state index contributed by atoms with van der Waals surface area (Å²) in [5.41, 5.74) is 2.47. The van der Waals surface area contributed by atoms with Gasteiger partial charge >= 0.3 is 0 Å². The Balaban J connectivity index is 0.00000180. The first-order valence-electron chi connectivity index (χ1n) is 6.07. The molecule has 3 nitrogen and oxygen atoms in total. The second-order valence-electron chi connectivity index (χ2n) is 4.24. The SMILES string of the molecule is Cc1cccc(OC/C=C/Cn2ccnc2)c1C.Cl. The Hall–Kier alpha value is -1.74. The van der Waals surface area contributed by atoms with Crippen molar-refractivity contribution in [2.75, 3.05) is 6.61 Å². The maximum absolute atomic E-state index is 5.73. The maximum atomic E-state index is 5.73. The molecule has 0 aliphatic carbocycles. The predicted octanol–water partition coefficient (Wildman–Crippen LogP) is 3.56. The van der Waals surface area contributed by atoms with Crippen LogP contribution < -0.4 is 4.74 Å². The number of hydrogen-bond donors (Lipinski definition) is 0. The van der Waals surface area contributed by atoms with Crippen molar-refractivity contribution in [1.29, 1.82) is 0 Å². The highest BCUT2D eigenvalue weighted by atomic mass is 35.5. The Morgan fingerprint density at radius 1 is 1.26 bits per heavy atom. The van der Waals surface area contributed by atoms with Gasteiger partial charge < -0.3 is 9.30 Å². The van der Waals surface area contributed by atoms with E-state index < -0.39 is 0 Å². The number of hydrogen-bond acceptors (Lipinski definition) is 2. The molecular formula is C15H19ClN2O. The summed E-state index contributed by atoms with van der Waals surface area (Å²) in [6.07, 6.45) is 9.63. The third-order valence-electron chi connectivity index (χ3n) is 2.93. The minimum atomic E-state index is 0. The van der Waals surface area contributed by atoms with Crippen LogP contribution in [-0.2, 0) is 6.54 Å². The molecule has 4 heteroatoms. The molecule has 19 heavy (non-hydrogen) atoms. The van der Waals surface area contributed by atoms with Crippen LogP contribution >= 0.6 is 12.4 Å². The average Bonchev–Trinajstić information content (AvgIpc) is 2.87. The summed E-state index contributed by atoms with van der Waals surface area (Å²) < 4.78 is 7.73. The number of halogens is 1. The van der Waals surface area contributed by atoms with Gasteiger partial charge in [0.25, 0.3) is 0 Å². The first kappa shape index (κ1) is 15.3. The molecule has 0 spiro atoms. The quantitative estimate of drug-likeness (QED) is 0.782. The summed E-state index contributed by atoms with van der Waals surface area (Å²) in [5, 5.41) is 0. The van der Waals surface area contributed by atoms with Crippen LogP contribution in [0.4, 0.5) is 0 Å². The fourth-order valence-corrected chi connectivity index (χ4v) is 1.68. The molecule has 1 aromatic heterocycles. The van der Waals surface area contributed by atoms with E-state index in [9.17, 15) is 0 Å². The third kappa shape index (κ3) is 4.45. The highest BCUT2D eigenvalue weighted by Gasteiger charge is 1.99. The highest BCUT2D eigenvalue weighted by Crippen LogP contribution is 2.20. The van der Waals surface area contributed by atoms with E-state index in [0.717, 1.165) is 12.3 Å². The van der Waals surface area contributed by atoms with Crippen LogP contribution in [0.25, 0.3) is 0 Å². The molecule has 2 aromatic rings. The van der Waals surface area contributed by atoms with Gasteiger partial charge in [0.1, 0.15) is 12.4 Å². The monoisotopic (exact) mass is 278 g/mol. The summed E-state index contributed by atoms with van der Waals surface area (Å²) >= 11 is 0. The van der Waals surface area contributed by atoms with Gasteiger partial charge in [0.05, 0.1) is 6.33 Å². The molecule has 0 radical (unpaired) electrons. The number of aryl methyl sites for hydroxylation is 1. The van der Waals surface area contributed by atoms with E-state index >= 15 is 0 Å². The highest BCUT2D eigenvalue weighted by molar-refractivity contribution is 5.85. The van der Waals surface area contributed by atoms with Crippen LogP contribution in [0.3, 0.4) is 0 Å². The van der Waals surface area contributed by atoms with Crippen molar-refractivity contribution >= 4 is 12.4 Å². The van der Waals surface area contributed by atoms with Gasteiger partial charge in [-0.05, 0) is 37.1 Å².